The monoisotopic (exact) mass is 255 g/mol. The van der Waals surface area contributed by atoms with Gasteiger partial charge in [0.15, 0.2) is 0 Å². The molecule has 2 aromatic rings. The van der Waals surface area contributed by atoms with E-state index in [1.54, 1.807) is 0 Å². The minimum atomic E-state index is 0.0162. The number of H-pyrrole nitrogens is 1. The Balaban J connectivity index is 1.81. The zero-order valence-corrected chi connectivity index (χ0v) is 10.7. The molecule has 98 valence electrons. The molecule has 0 unspecified atom stereocenters. The summed E-state index contributed by atoms with van der Waals surface area (Å²) in [6.45, 7) is 3.18. The Bertz CT molecular complexity index is 678. The number of anilines is 1. The van der Waals surface area contributed by atoms with Crippen molar-refractivity contribution in [1.29, 1.82) is 0 Å². The van der Waals surface area contributed by atoms with Crippen LogP contribution in [0.5, 0.6) is 0 Å². The molecule has 0 radical (unpaired) electrons. The fourth-order valence-corrected chi connectivity index (χ4v) is 3.50. The van der Waals surface area contributed by atoms with E-state index in [0.717, 1.165) is 42.1 Å². The quantitative estimate of drug-likeness (QED) is 0.808. The molecule has 2 N–H and O–H groups in total. The minimum Gasteiger partial charge on any atom is -0.353 e. The summed E-state index contributed by atoms with van der Waals surface area (Å²) in [6, 6.07) is 10.4. The number of pyridine rings is 1. The van der Waals surface area contributed by atoms with Gasteiger partial charge in [-0.05, 0) is 29.9 Å². The average Bonchev–Trinajstić information content (AvgIpc) is 3.01. The summed E-state index contributed by atoms with van der Waals surface area (Å²) in [5, 5.41) is 5.24. The molecule has 1 aromatic heterocycles. The van der Waals surface area contributed by atoms with Gasteiger partial charge in [0.2, 0.25) is 0 Å². The number of benzene rings is 1. The molecule has 2 atom stereocenters. The lowest BCUT2D eigenvalue weighted by atomic mass is 10.1. The van der Waals surface area contributed by atoms with Gasteiger partial charge in [0.25, 0.3) is 5.56 Å². The van der Waals surface area contributed by atoms with Gasteiger partial charge in [-0.15, -0.1) is 0 Å². The summed E-state index contributed by atoms with van der Waals surface area (Å²) in [5.74, 6) is 1.70. The average molecular weight is 255 g/mol. The van der Waals surface area contributed by atoms with E-state index in [1.165, 1.54) is 6.42 Å². The summed E-state index contributed by atoms with van der Waals surface area (Å²) in [7, 11) is 0. The Morgan fingerprint density at radius 1 is 1.21 bits per heavy atom. The SMILES string of the molecule is O=c1[nH]c(N2CC[C@H]3CNC[C@H]32)cc2ccccc12. The molecule has 1 aromatic carbocycles. The van der Waals surface area contributed by atoms with E-state index < -0.39 is 0 Å². The molecule has 0 bridgehead atoms. The maximum Gasteiger partial charge on any atom is 0.257 e. The Morgan fingerprint density at radius 2 is 2.11 bits per heavy atom. The van der Waals surface area contributed by atoms with Gasteiger partial charge < -0.3 is 15.2 Å². The van der Waals surface area contributed by atoms with Crippen molar-refractivity contribution in [3.05, 3.63) is 40.7 Å². The highest BCUT2D eigenvalue weighted by molar-refractivity contribution is 5.83. The van der Waals surface area contributed by atoms with E-state index in [-0.39, 0.29) is 5.56 Å². The van der Waals surface area contributed by atoms with Crippen molar-refractivity contribution in [2.45, 2.75) is 12.5 Å². The second-order valence-corrected chi connectivity index (χ2v) is 5.54. The van der Waals surface area contributed by atoms with Crippen LogP contribution in [0.1, 0.15) is 6.42 Å². The molecule has 2 aliphatic rings. The zero-order chi connectivity index (χ0) is 12.8. The molecule has 0 saturated carbocycles. The molecular formula is C15H17N3O. The standard InChI is InChI=1S/C15H17N3O/c19-15-12-4-2-1-3-10(12)7-14(17-15)18-6-5-11-8-16-9-13(11)18/h1-4,7,11,13,16H,5-6,8-9H2,(H,17,19)/t11-,13+/m0/s1. The molecule has 0 aliphatic carbocycles. The molecule has 2 fully saturated rings. The van der Waals surface area contributed by atoms with Gasteiger partial charge in [0.1, 0.15) is 5.82 Å². The fraction of sp³-hybridized carbons (Fsp3) is 0.400. The van der Waals surface area contributed by atoms with Crippen LogP contribution in [0.25, 0.3) is 10.8 Å². The molecule has 0 amide bonds. The van der Waals surface area contributed by atoms with Crippen molar-refractivity contribution in [3.63, 3.8) is 0 Å². The van der Waals surface area contributed by atoms with Gasteiger partial charge in [-0.25, -0.2) is 0 Å². The first kappa shape index (κ1) is 11.1. The van der Waals surface area contributed by atoms with Crippen molar-refractivity contribution in [3.8, 4) is 0 Å². The van der Waals surface area contributed by atoms with Crippen molar-refractivity contribution in [1.82, 2.24) is 10.3 Å². The van der Waals surface area contributed by atoms with Gasteiger partial charge in [-0.1, -0.05) is 18.2 Å². The smallest absolute Gasteiger partial charge is 0.257 e. The number of rotatable bonds is 1. The molecular weight excluding hydrogens is 238 g/mol. The molecule has 0 spiro atoms. The van der Waals surface area contributed by atoms with E-state index >= 15 is 0 Å². The van der Waals surface area contributed by atoms with E-state index in [0.29, 0.717) is 6.04 Å². The first-order valence-electron chi connectivity index (χ1n) is 6.92. The van der Waals surface area contributed by atoms with Crippen LogP contribution in [0, 0.1) is 5.92 Å². The highest BCUT2D eigenvalue weighted by Gasteiger charge is 2.37. The molecule has 4 heteroatoms. The first-order chi connectivity index (χ1) is 9.33. The van der Waals surface area contributed by atoms with E-state index in [2.05, 4.69) is 21.3 Å². The number of aromatic nitrogens is 1. The summed E-state index contributed by atoms with van der Waals surface area (Å²) in [6.07, 6.45) is 1.21. The zero-order valence-electron chi connectivity index (χ0n) is 10.7. The predicted octanol–water partition coefficient (Wildman–Crippen LogP) is 1.33. The van der Waals surface area contributed by atoms with E-state index in [1.807, 2.05) is 24.3 Å². The van der Waals surface area contributed by atoms with Crippen molar-refractivity contribution < 1.29 is 0 Å². The Labute approximate surface area is 111 Å². The van der Waals surface area contributed by atoms with Crippen LogP contribution in [-0.2, 0) is 0 Å². The van der Waals surface area contributed by atoms with E-state index in [4.69, 9.17) is 0 Å². The summed E-state index contributed by atoms with van der Waals surface area (Å²) >= 11 is 0. The second kappa shape index (κ2) is 4.10. The summed E-state index contributed by atoms with van der Waals surface area (Å²) < 4.78 is 0. The third kappa shape index (κ3) is 1.67. The lowest BCUT2D eigenvalue weighted by Gasteiger charge is -2.25. The van der Waals surface area contributed by atoms with Crippen LogP contribution < -0.4 is 15.8 Å². The Hall–Kier alpha value is -1.81. The van der Waals surface area contributed by atoms with Crippen molar-refractivity contribution >= 4 is 16.6 Å². The third-order valence-electron chi connectivity index (χ3n) is 4.49. The first-order valence-corrected chi connectivity index (χ1v) is 6.92. The van der Waals surface area contributed by atoms with Crippen molar-refractivity contribution in [2.75, 3.05) is 24.5 Å². The number of hydrogen-bond acceptors (Lipinski definition) is 3. The number of aromatic amines is 1. The maximum absolute atomic E-state index is 12.2. The number of nitrogens with one attached hydrogen (secondary N) is 2. The van der Waals surface area contributed by atoms with Gasteiger partial charge in [0, 0.05) is 31.1 Å². The fourth-order valence-electron chi connectivity index (χ4n) is 3.50. The Kier molecular flexibility index (Phi) is 2.38. The van der Waals surface area contributed by atoms with E-state index in [9.17, 15) is 4.79 Å². The molecule has 2 saturated heterocycles. The van der Waals surface area contributed by atoms with Crippen LogP contribution >= 0.6 is 0 Å². The van der Waals surface area contributed by atoms with Crippen LogP contribution in [0.2, 0.25) is 0 Å². The van der Waals surface area contributed by atoms with Gasteiger partial charge >= 0.3 is 0 Å². The van der Waals surface area contributed by atoms with Crippen LogP contribution in [0.4, 0.5) is 5.82 Å². The molecule has 19 heavy (non-hydrogen) atoms. The number of fused-ring (bicyclic) bond motifs is 2. The van der Waals surface area contributed by atoms with Gasteiger partial charge in [0.05, 0.1) is 0 Å². The minimum absolute atomic E-state index is 0.0162. The second-order valence-electron chi connectivity index (χ2n) is 5.54. The third-order valence-corrected chi connectivity index (χ3v) is 4.49. The maximum atomic E-state index is 12.2. The van der Waals surface area contributed by atoms with Crippen LogP contribution in [0.15, 0.2) is 35.1 Å². The van der Waals surface area contributed by atoms with Crippen molar-refractivity contribution in [2.24, 2.45) is 5.92 Å². The lowest BCUT2D eigenvalue weighted by Crippen LogP contribution is -2.35. The topological polar surface area (TPSA) is 48.1 Å². The lowest BCUT2D eigenvalue weighted by molar-refractivity contribution is 0.577. The molecule has 4 rings (SSSR count). The van der Waals surface area contributed by atoms with Crippen LogP contribution in [-0.4, -0.2) is 30.7 Å². The van der Waals surface area contributed by atoms with Crippen LogP contribution in [0.3, 0.4) is 0 Å². The normalized spacial score (nSPS) is 26.0. The highest BCUT2D eigenvalue weighted by Crippen LogP contribution is 2.31. The summed E-state index contributed by atoms with van der Waals surface area (Å²) in [5.41, 5.74) is 0.0162. The Morgan fingerprint density at radius 3 is 3.05 bits per heavy atom. The molecule has 3 heterocycles. The number of nitrogens with zero attached hydrogens (tertiary/aromatic N) is 1. The number of hydrogen-bond donors (Lipinski definition) is 2. The van der Waals surface area contributed by atoms with Gasteiger partial charge in [-0.3, -0.25) is 4.79 Å². The molecule has 2 aliphatic heterocycles. The highest BCUT2D eigenvalue weighted by atomic mass is 16.1. The largest absolute Gasteiger partial charge is 0.353 e. The van der Waals surface area contributed by atoms with Gasteiger partial charge in [-0.2, -0.15) is 0 Å². The summed E-state index contributed by atoms with van der Waals surface area (Å²) in [4.78, 5) is 17.6. The molecule has 4 nitrogen and oxygen atoms in total. The predicted molar refractivity (Wildman–Crippen MR) is 76.7 cm³/mol.